The summed E-state index contributed by atoms with van der Waals surface area (Å²) in [5, 5.41) is 0. The Labute approximate surface area is 148 Å². The molecule has 0 amide bonds. The third-order valence-corrected chi connectivity index (χ3v) is 8.62. The van der Waals surface area contributed by atoms with Crippen molar-refractivity contribution in [2.45, 2.75) is 71.1 Å². The number of allylic oxidation sites excluding steroid dienone is 1. The smallest absolute Gasteiger partial charge is 0.155 e. The minimum absolute atomic E-state index is 0.357. The van der Waals surface area contributed by atoms with Crippen molar-refractivity contribution >= 4 is 28.4 Å². The van der Waals surface area contributed by atoms with Crippen LogP contribution in [-0.4, -0.2) is 10.2 Å². The molecule has 22 heavy (non-hydrogen) atoms. The van der Waals surface area contributed by atoms with E-state index in [1.807, 2.05) is 6.08 Å². The van der Waals surface area contributed by atoms with Gasteiger partial charge in [-0.25, -0.2) is 0 Å². The molecule has 3 saturated carbocycles. The second kappa shape index (κ2) is 5.60. The molecule has 0 unspecified atom stereocenters. The fourth-order valence-corrected chi connectivity index (χ4v) is 8.05. The van der Waals surface area contributed by atoms with Gasteiger partial charge in [0.2, 0.25) is 0 Å². The number of hydrogen-bond donors (Lipinski definition) is 0. The molecule has 3 fully saturated rings. The summed E-state index contributed by atoms with van der Waals surface area (Å²) in [6.45, 7) is 2.50. The van der Waals surface area contributed by atoms with Gasteiger partial charge in [-0.05, 0) is 86.0 Å². The van der Waals surface area contributed by atoms with Crippen LogP contribution in [0.5, 0.6) is 0 Å². The highest BCUT2D eigenvalue weighted by atomic mass is 127. The van der Waals surface area contributed by atoms with Gasteiger partial charge < -0.3 is 0 Å². The van der Waals surface area contributed by atoms with Crippen LogP contribution in [0, 0.1) is 28.6 Å². The Balaban J connectivity index is 1.66. The van der Waals surface area contributed by atoms with Crippen molar-refractivity contribution in [3.8, 4) is 0 Å². The molecule has 0 bridgehead atoms. The van der Waals surface area contributed by atoms with Gasteiger partial charge >= 0.3 is 0 Å². The average molecular weight is 412 g/mol. The van der Waals surface area contributed by atoms with Gasteiger partial charge in [0.1, 0.15) is 0 Å². The van der Waals surface area contributed by atoms with Crippen molar-refractivity contribution in [1.82, 2.24) is 0 Å². The van der Waals surface area contributed by atoms with Gasteiger partial charge in [-0.15, -0.1) is 0 Å². The molecule has 0 aromatic heterocycles. The van der Waals surface area contributed by atoms with E-state index in [9.17, 15) is 4.79 Å². The maximum absolute atomic E-state index is 11.9. The molecular formula is C20H29IO. The van der Waals surface area contributed by atoms with Crippen molar-refractivity contribution in [2.24, 2.45) is 28.6 Å². The molecule has 122 valence electrons. The molecular weight excluding hydrogens is 383 g/mol. The van der Waals surface area contributed by atoms with Gasteiger partial charge in [0, 0.05) is 10.8 Å². The van der Waals surface area contributed by atoms with E-state index >= 15 is 0 Å². The number of rotatable bonds is 2. The number of alkyl halides is 1. The van der Waals surface area contributed by atoms with E-state index < -0.39 is 0 Å². The zero-order valence-electron chi connectivity index (χ0n) is 13.9. The summed E-state index contributed by atoms with van der Waals surface area (Å²) in [7, 11) is 0. The summed E-state index contributed by atoms with van der Waals surface area (Å²) in [5.41, 5.74) is 2.57. The molecule has 0 aromatic carbocycles. The Hall–Kier alpha value is 0.140. The van der Waals surface area contributed by atoms with Crippen molar-refractivity contribution < 1.29 is 4.79 Å². The summed E-state index contributed by atoms with van der Waals surface area (Å²) in [4.78, 5) is 11.9. The van der Waals surface area contributed by atoms with Crippen LogP contribution in [0.25, 0.3) is 0 Å². The largest absolute Gasteiger partial charge is 0.295 e. The van der Waals surface area contributed by atoms with Gasteiger partial charge in [0.05, 0.1) is 0 Å². The maximum atomic E-state index is 11.9. The lowest BCUT2D eigenvalue weighted by atomic mass is 9.47. The molecule has 0 heterocycles. The number of hydrogen-bond acceptors (Lipinski definition) is 1. The zero-order valence-corrected chi connectivity index (χ0v) is 16.0. The maximum Gasteiger partial charge on any atom is 0.155 e. The lowest BCUT2D eigenvalue weighted by Gasteiger charge is -2.58. The Morgan fingerprint density at radius 2 is 2.00 bits per heavy atom. The highest BCUT2D eigenvalue weighted by Gasteiger charge is 2.57. The lowest BCUT2D eigenvalue weighted by Crippen LogP contribution is -2.50. The first-order chi connectivity index (χ1) is 10.6. The van der Waals surface area contributed by atoms with Crippen LogP contribution in [0.15, 0.2) is 11.6 Å². The van der Waals surface area contributed by atoms with Crippen LogP contribution in [-0.2, 0) is 4.79 Å². The van der Waals surface area contributed by atoms with Gasteiger partial charge in [-0.3, -0.25) is 4.79 Å². The highest BCUT2D eigenvalue weighted by Crippen LogP contribution is 2.66. The second-order valence-electron chi connectivity index (χ2n) is 8.70. The van der Waals surface area contributed by atoms with Crippen molar-refractivity contribution in [2.75, 3.05) is 4.43 Å². The van der Waals surface area contributed by atoms with Crippen LogP contribution in [0.3, 0.4) is 0 Å². The van der Waals surface area contributed by atoms with E-state index in [4.69, 9.17) is 0 Å². The van der Waals surface area contributed by atoms with E-state index in [0.29, 0.717) is 16.6 Å². The Morgan fingerprint density at radius 3 is 2.82 bits per heavy atom. The SMILES string of the molecule is C[C@]12CCC(=O)C=C1CC[C@H]1[C@@H]3CCC[C@@]3(CCI)CC[C@@H]12. The summed E-state index contributed by atoms with van der Waals surface area (Å²) >= 11 is 2.60. The number of fused-ring (bicyclic) bond motifs is 5. The number of carbonyl (C=O) groups excluding carboxylic acids is 1. The second-order valence-corrected chi connectivity index (χ2v) is 9.78. The zero-order chi connectivity index (χ0) is 15.4. The minimum atomic E-state index is 0.357. The van der Waals surface area contributed by atoms with Crippen LogP contribution in [0.2, 0.25) is 0 Å². The molecule has 0 aliphatic heterocycles. The third-order valence-electron chi connectivity index (χ3n) is 8.08. The van der Waals surface area contributed by atoms with E-state index in [0.717, 1.165) is 30.6 Å². The highest BCUT2D eigenvalue weighted by molar-refractivity contribution is 14.1. The topological polar surface area (TPSA) is 17.1 Å². The molecule has 0 radical (unpaired) electrons. The molecule has 1 nitrogen and oxygen atoms in total. The Morgan fingerprint density at radius 1 is 1.14 bits per heavy atom. The molecule has 4 rings (SSSR count). The van der Waals surface area contributed by atoms with Gasteiger partial charge in [0.15, 0.2) is 5.78 Å². The average Bonchev–Trinajstić information content (AvgIpc) is 2.92. The van der Waals surface area contributed by atoms with Crippen molar-refractivity contribution in [3.63, 3.8) is 0 Å². The van der Waals surface area contributed by atoms with Crippen LogP contribution in [0.4, 0.5) is 0 Å². The summed E-state index contributed by atoms with van der Waals surface area (Å²) in [6, 6.07) is 0. The van der Waals surface area contributed by atoms with E-state index in [2.05, 4.69) is 29.5 Å². The van der Waals surface area contributed by atoms with Crippen molar-refractivity contribution in [3.05, 3.63) is 11.6 Å². The minimum Gasteiger partial charge on any atom is -0.295 e. The summed E-state index contributed by atoms with van der Waals surface area (Å²) in [5.74, 6) is 3.21. The fourth-order valence-electron chi connectivity index (χ4n) is 6.98. The molecule has 0 N–H and O–H groups in total. The molecule has 5 atom stereocenters. The lowest BCUT2D eigenvalue weighted by molar-refractivity contribution is -0.117. The predicted octanol–water partition coefficient (Wildman–Crippen LogP) is 5.71. The number of ketones is 1. The Bertz CT molecular complexity index is 510. The van der Waals surface area contributed by atoms with E-state index in [-0.39, 0.29) is 0 Å². The van der Waals surface area contributed by atoms with Crippen LogP contribution >= 0.6 is 22.6 Å². The molecule has 2 heteroatoms. The molecule has 0 saturated heterocycles. The summed E-state index contributed by atoms with van der Waals surface area (Å²) in [6.07, 6.45) is 15.4. The quantitative estimate of drug-likeness (QED) is 0.419. The molecule has 0 spiro atoms. The first-order valence-electron chi connectivity index (χ1n) is 9.39. The van der Waals surface area contributed by atoms with Crippen LogP contribution < -0.4 is 0 Å². The molecule has 4 aliphatic rings. The first kappa shape index (κ1) is 15.7. The van der Waals surface area contributed by atoms with Crippen molar-refractivity contribution in [1.29, 1.82) is 0 Å². The fraction of sp³-hybridized carbons (Fsp3) is 0.850. The van der Waals surface area contributed by atoms with E-state index in [1.54, 1.807) is 0 Å². The first-order valence-corrected chi connectivity index (χ1v) is 10.9. The molecule has 4 aliphatic carbocycles. The number of halogens is 1. The Kier molecular flexibility index (Phi) is 3.98. The van der Waals surface area contributed by atoms with Crippen LogP contribution in [0.1, 0.15) is 71.1 Å². The monoisotopic (exact) mass is 412 g/mol. The van der Waals surface area contributed by atoms with Gasteiger partial charge in [0.25, 0.3) is 0 Å². The molecule has 0 aromatic rings. The van der Waals surface area contributed by atoms with E-state index in [1.165, 1.54) is 61.4 Å². The standard InChI is InChI=1S/C20H29IO/c1-19-9-6-15(22)13-14(19)4-5-16-17(19)7-10-20(11-12-21)8-2-3-18(16)20/h13,16-18H,2-12H2,1H3/t16-,17+,18+,19+,20+/m1/s1. The predicted molar refractivity (Wildman–Crippen MR) is 99.2 cm³/mol. The third kappa shape index (κ3) is 2.18. The van der Waals surface area contributed by atoms with Gasteiger partial charge in [-0.1, -0.05) is 41.5 Å². The number of carbonyl (C=O) groups is 1. The van der Waals surface area contributed by atoms with Gasteiger partial charge in [-0.2, -0.15) is 0 Å². The normalized spacial score (nSPS) is 47.5. The summed E-state index contributed by atoms with van der Waals surface area (Å²) < 4.78 is 1.34.